The molecule has 3 atom stereocenters. The summed E-state index contributed by atoms with van der Waals surface area (Å²) in [6, 6.07) is 36.3. The number of aliphatic hydroxyl groups excluding tert-OH is 1. The smallest absolute Gasteiger partial charge is 0.474 e. The lowest BCUT2D eigenvalue weighted by atomic mass is 10.0. The number of nitrogens with one attached hydrogen (secondary N) is 3. The Morgan fingerprint density at radius 3 is 0.959 bits per heavy atom. The molecule has 0 bridgehead atoms. The molecule has 0 unspecified atom stereocenters. The lowest BCUT2D eigenvalue weighted by molar-refractivity contribution is 0.0917. The summed E-state index contributed by atoms with van der Waals surface area (Å²) in [5.41, 5.74) is 8.58. The molecule has 6 N–H and O–H groups in total. The van der Waals surface area contributed by atoms with Gasteiger partial charge in [-0.15, -0.1) is 0 Å². The van der Waals surface area contributed by atoms with Gasteiger partial charge in [-0.25, -0.2) is 24.1 Å². The second kappa shape index (κ2) is 49.8. The molecule has 0 spiro atoms. The highest BCUT2D eigenvalue weighted by molar-refractivity contribution is 14.1. The molecule has 9 aromatic rings. The number of Topliss-reactive ketones (excluding diaryl/α,β-unsaturated/α-hetero) is 3. The maximum atomic E-state index is 13.1. The van der Waals surface area contributed by atoms with Gasteiger partial charge in [0.2, 0.25) is 0 Å². The summed E-state index contributed by atoms with van der Waals surface area (Å²) in [4.78, 5) is 116. The van der Waals surface area contributed by atoms with Crippen molar-refractivity contribution in [1.29, 1.82) is 0 Å². The van der Waals surface area contributed by atoms with E-state index < -0.39 is 36.0 Å². The molecule has 37 heteroatoms. The minimum Gasteiger partial charge on any atom is -0.489 e. The van der Waals surface area contributed by atoms with Crippen molar-refractivity contribution < 1.29 is 98.9 Å². The van der Waals surface area contributed by atoms with Crippen molar-refractivity contribution in [3.05, 3.63) is 212 Å². The average Bonchev–Trinajstić information content (AvgIpc) is 1.70. The van der Waals surface area contributed by atoms with E-state index in [0.717, 1.165) is 39.1 Å². The van der Waals surface area contributed by atoms with Gasteiger partial charge >= 0.3 is 15.6 Å². The van der Waals surface area contributed by atoms with E-state index in [0.29, 0.717) is 110 Å². The number of aliphatic hydroxyl groups is 1. The van der Waals surface area contributed by atoms with Crippen LogP contribution in [0, 0.1) is 0 Å². The summed E-state index contributed by atoms with van der Waals surface area (Å²) in [6.07, 6.45) is 7.53. The van der Waals surface area contributed by atoms with Gasteiger partial charge in [0.15, 0.2) is 34.8 Å². The number of nitrogens with zero attached hydrogens (tertiary/aromatic N) is 6. The number of rotatable bonds is 39. The maximum Gasteiger partial charge on any atom is 0.474 e. The Balaban J connectivity index is 0.000000308. The number of carbonyl (C=O) groups is 7. The number of benzene rings is 6. The van der Waals surface area contributed by atoms with Gasteiger partial charge in [0.05, 0.1) is 63.7 Å². The van der Waals surface area contributed by atoms with Gasteiger partial charge < -0.3 is 67.8 Å². The molecular weight excluding hydrogens is 1800 g/mol. The number of aromatic nitrogens is 6. The van der Waals surface area contributed by atoms with E-state index in [1.807, 2.05) is 121 Å². The molecule has 3 heterocycles. The monoisotopic (exact) mass is 1900 g/mol. The Morgan fingerprint density at radius 2 is 0.744 bits per heavy atom. The number of ether oxygens (including phenoxy) is 3. The Kier molecular flexibility index (Phi) is 42.4. The highest BCUT2D eigenvalue weighted by Gasteiger charge is 2.27. The number of phosphoric ester groups is 2. The van der Waals surface area contributed by atoms with Crippen molar-refractivity contribution in [3.63, 3.8) is 0 Å². The topological polar surface area (TPSA) is 387 Å². The molecule has 6 aromatic carbocycles. The molecule has 30 nitrogen and oxygen atoms in total. The molecule has 0 aliphatic rings. The van der Waals surface area contributed by atoms with E-state index in [9.17, 15) is 47.8 Å². The van der Waals surface area contributed by atoms with E-state index >= 15 is 0 Å². The second-order valence-corrected chi connectivity index (χ2v) is 35.8. The lowest BCUT2D eigenvalue weighted by Crippen LogP contribution is -2.37. The van der Waals surface area contributed by atoms with Crippen molar-refractivity contribution in [2.24, 2.45) is 21.1 Å². The van der Waals surface area contributed by atoms with Crippen LogP contribution in [0.2, 0.25) is 15.1 Å². The summed E-state index contributed by atoms with van der Waals surface area (Å²) < 4.78 is 74.3. The average molecular weight is 1900 g/mol. The van der Waals surface area contributed by atoms with Gasteiger partial charge in [0.25, 0.3) is 29.6 Å². The molecule has 9 rings (SSSR count). The normalized spacial score (nSPS) is 12.0. The van der Waals surface area contributed by atoms with Crippen LogP contribution in [0.15, 0.2) is 146 Å². The summed E-state index contributed by atoms with van der Waals surface area (Å²) >= 11 is 20.5. The molecule has 3 amide bonds. The molecule has 0 fully saturated rings. The van der Waals surface area contributed by atoms with E-state index in [1.54, 1.807) is 118 Å². The molecule has 0 saturated heterocycles. The first kappa shape index (κ1) is 103. The standard InChI is InChI=1S/C28H35ClN3O7P.C26H31ClN3O7P.C26H30ClN3O4.C3H6IO3P.CH4/c1-18(2)39-26-12-11-22(16-24(26)29)28(34)30-23(13-14-38-40(35,36-5)37-6)15-20-7-9-21(10-8-20)25-17-32(4)27(31-25)19(3)33;1-16(2)37-24-10-9-20(14-22(24)27)26(32)28-21(11-12-36-38(33,34)35)13-18-5-7-19(8-6-18)23-15-30(4)25(29-23)17(3)31;1-16(2)34-24-10-9-20(14-22(24)27)26(33)28-21(11-12-31)13-18-5-7-19(8-6-18)23-15-30(4)25(29-23)17(3)32;1-6-8(7-2)3(4)5;/h7-12,16-18,23H,13-15H2,1-6H3,(H,30,34);5-10,14-16,21H,11-13H2,1-4H3,(H,28,32)(H2,33,34,35);5-10,14-16,21,31H,11-13H2,1-4H3,(H,28,33);1-2H3;1H4/t23-;2*21-;;/m111../s1. The van der Waals surface area contributed by atoms with Crippen molar-refractivity contribution in [3.8, 4) is 51.0 Å². The van der Waals surface area contributed by atoms with Crippen LogP contribution in [0.5, 0.6) is 17.2 Å². The first-order valence-corrected chi connectivity index (χ1v) is 44.0. The summed E-state index contributed by atoms with van der Waals surface area (Å²) in [5.74, 6) is 1.33. The highest BCUT2D eigenvalue weighted by Crippen LogP contribution is 2.48. The zero-order valence-electron chi connectivity index (χ0n) is 69.4. The Morgan fingerprint density at radius 1 is 0.463 bits per heavy atom. The molecule has 656 valence electrons. The van der Waals surface area contributed by atoms with E-state index in [1.165, 1.54) is 55.3 Å². The molecule has 121 heavy (non-hydrogen) atoms. The van der Waals surface area contributed by atoms with Crippen LogP contribution in [-0.2, 0) is 76.7 Å². The third-order valence-electron chi connectivity index (χ3n) is 17.3. The number of halogens is 4. The van der Waals surface area contributed by atoms with Crippen molar-refractivity contribution in [2.75, 3.05) is 48.3 Å². The number of hydrogen-bond acceptors (Lipinski definition) is 22. The van der Waals surface area contributed by atoms with Crippen LogP contribution in [0.3, 0.4) is 0 Å². The lowest BCUT2D eigenvalue weighted by Gasteiger charge is -2.21. The van der Waals surface area contributed by atoms with E-state index in [-0.39, 0.29) is 96.8 Å². The van der Waals surface area contributed by atoms with Gasteiger partial charge in [-0.2, -0.15) is 0 Å². The van der Waals surface area contributed by atoms with Crippen molar-refractivity contribution in [2.45, 2.75) is 145 Å². The minimum atomic E-state index is -4.65. The SMILES string of the molecule is C.CC(=O)c1nc(-c2ccc(C[C@@H](CCO)NC(=O)c3ccc(OC(C)C)c(Cl)c3)cc2)cn1C.CC(=O)c1nc(-c2ccc(C[C@@H](CCOP(=O)(O)O)NC(=O)c3ccc(OC(C)C)c(Cl)c3)cc2)cn1C.COP(=O)(OC)OCC[C@H](Cc1ccc(-c2cn(C)c(C(C)=O)n2)cc1)NC(=O)c1ccc(OC(C)C)c(Cl)c1.COP(OC)C(=O)I. The van der Waals surface area contributed by atoms with Crippen LogP contribution in [0.25, 0.3) is 33.8 Å². The molecule has 3 aromatic heterocycles. The van der Waals surface area contributed by atoms with Crippen molar-refractivity contribution in [1.82, 2.24) is 44.6 Å². The van der Waals surface area contributed by atoms with Crippen molar-refractivity contribution >= 4 is 120 Å². The van der Waals surface area contributed by atoms with Gasteiger partial charge in [-0.1, -0.05) is 115 Å². The van der Waals surface area contributed by atoms with E-state index in [2.05, 4.69) is 44.5 Å². The third kappa shape index (κ3) is 33.6. The Bertz CT molecular complexity index is 5030. The fourth-order valence-corrected chi connectivity index (χ4v) is 15.0. The quantitative estimate of drug-likeness (QED) is 0.00902. The number of aryl methyl sites for hydroxylation is 3. The van der Waals surface area contributed by atoms with Gasteiger partial charge in [0.1, 0.15) is 17.2 Å². The largest absolute Gasteiger partial charge is 0.489 e. The zero-order chi connectivity index (χ0) is 88.9. The van der Waals surface area contributed by atoms with Gasteiger partial charge in [0, 0.05) is 170 Å². The van der Waals surface area contributed by atoms with Gasteiger partial charge in [-0.05, 0) is 151 Å². The van der Waals surface area contributed by atoms with Crippen LogP contribution in [0.1, 0.15) is 169 Å². The predicted molar refractivity (Wildman–Crippen MR) is 476 cm³/mol. The second-order valence-electron chi connectivity index (χ2n) is 27.9. The number of amides is 3. The molecular formula is C84H106Cl3IN9O21P3. The summed E-state index contributed by atoms with van der Waals surface area (Å²) in [6.45, 7) is 15.5. The van der Waals surface area contributed by atoms with Crippen LogP contribution >= 0.6 is 81.4 Å². The summed E-state index contributed by atoms with van der Waals surface area (Å²) in [5, 5.41) is 19.4. The van der Waals surface area contributed by atoms with Crippen LogP contribution in [0.4, 0.5) is 4.79 Å². The zero-order valence-corrected chi connectivity index (χ0v) is 76.5. The van der Waals surface area contributed by atoms with Crippen LogP contribution in [-0.4, -0.2) is 167 Å². The van der Waals surface area contributed by atoms with Crippen LogP contribution < -0.4 is 30.2 Å². The van der Waals surface area contributed by atoms with Gasteiger partial charge in [-0.3, -0.25) is 51.7 Å². The first-order valence-electron chi connectivity index (χ1n) is 37.6. The predicted octanol–water partition coefficient (Wildman–Crippen LogP) is 17.7. The molecule has 0 aliphatic carbocycles. The maximum absolute atomic E-state index is 13.1. The Hall–Kier alpha value is -8.43. The highest BCUT2D eigenvalue weighted by atomic mass is 127. The number of carbonyl (C=O) groups excluding carboxylic acids is 7. The molecule has 0 aliphatic heterocycles. The fraction of sp³-hybridized carbons (Fsp3) is 0.381. The first-order chi connectivity index (χ1) is 56.6. The minimum absolute atomic E-state index is 0. The molecule has 0 saturated carbocycles. The fourth-order valence-electron chi connectivity index (χ4n) is 11.7. The number of hydrogen-bond donors (Lipinski definition) is 6. The van der Waals surface area contributed by atoms with E-state index in [4.69, 9.17) is 72.4 Å². The Labute approximate surface area is 735 Å². The molecule has 0 radical (unpaired) electrons. The number of imidazole rings is 3. The number of phosphoric acid groups is 2. The summed E-state index contributed by atoms with van der Waals surface area (Å²) in [7, 11) is 1.13. The third-order valence-corrected chi connectivity index (χ3v) is 22.2. The number of ketones is 3.